The quantitative estimate of drug-likeness (QED) is 0.388. The zero-order chi connectivity index (χ0) is 19.7. The molecule has 0 spiro atoms. The summed E-state index contributed by atoms with van der Waals surface area (Å²) in [5, 5.41) is 4.17. The maximum atomic E-state index is 12.5. The van der Waals surface area contributed by atoms with Gasteiger partial charge in [-0.1, -0.05) is 6.07 Å². The van der Waals surface area contributed by atoms with Crippen LogP contribution in [0.5, 0.6) is 0 Å². The number of carbonyl (C=O) groups is 1. The number of pyridine rings is 1. The van der Waals surface area contributed by atoms with Gasteiger partial charge < -0.3 is 11.1 Å². The van der Waals surface area contributed by atoms with Crippen molar-refractivity contribution in [3.05, 3.63) is 51.5 Å². The molecule has 2 aromatic heterocycles. The molecule has 0 atom stereocenters. The van der Waals surface area contributed by atoms with Gasteiger partial charge in [-0.15, -0.1) is 11.3 Å². The van der Waals surface area contributed by atoms with E-state index in [4.69, 9.17) is 18.0 Å². The Balaban J connectivity index is 1.70. The molecule has 3 aromatic rings. The maximum Gasteiger partial charge on any atom is 0.281 e. The molecule has 27 heavy (non-hydrogen) atoms. The Kier molecular flexibility index (Phi) is 5.29. The number of aromatic nitrogens is 1. The molecule has 0 fully saturated rings. The van der Waals surface area contributed by atoms with Gasteiger partial charge >= 0.3 is 0 Å². The van der Waals surface area contributed by atoms with Crippen LogP contribution >= 0.6 is 23.6 Å². The number of hydrogen-bond donors (Lipinski definition) is 4. The number of nitrogens with two attached hydrogens (primary N) is 1. The van der Waals surface area contributed by atoms with Crippen LogP contribution < -0.4 is 21.9 Å². The molecule has 6 nitrogen and oxygen atoms in total. The maximum absolute atomic E-state index is 12.5. The summed E-state index contributed by atoms with van der Waals surface area (Å²) in [6.07, 6.45) is 0. The van der Waals surface area contributed by atoms with Gasteiger partial charge in [0.2, 0.25) is 0 Å². The zero-order valence-electron chi connectivity index (χ0n) is 15.6. The van der Waals surface area contributed by atoms with Crippen LogP contribution in [0.25, 0.3) is 10.2 Å². The number of rotatable bonds is 2. The van der Waals surface area contributed by atoms with Crippen molar-refractivity contribution in [3.8, 4) is 0 Å². The van der Waals surface area contributed by atoms with Gasteiger partial charge in [-0.25, -0.2) is 4.98 Å². The van der Waals surface area contributed by atoms with Gasteiger partial charge in [0.05, 0.1) is 5.69 Å². The number of anilines is 2. The minimum Gasteiger partial charge on any atom is -0.397 e. The predicted octanol–water partition coefficient (Wildman–Crippen LogP) is 3.74. The number of benzene rings is 1. The van der Waals surface area contributed by atoms with Gasteiger partial charge in [-0.05, 0) is 74.8 Å². The minimum atomic E-state index is -0.350. The van der Waals surface area contributed by atoms with Crippen molar-refractivity contribution in [1.29, 1.82) is 0 Å². The highest BCUT2D eigenvalue weighted by Crippen LogP contribution is 2.34. The third-order valence-electron chi connectivity index (χ3n) is 4.00. The van der Waals surface area contributed by atoms with Crippen molar-refractivity contribution < 1.29 is 4.79 Å². The van der Waals surface area contributed by atoms with Crippen LogP contribution in [0.2, 0.25) is 0 Å². The lowest BCUT2D eigenvalue weighted by Crippen LogP contribution is -2.43. The number of amides is 1. The molecule has 5 N–H and O–H groups in total. The van der Waals surface area contributed by atoms with Crippen molar-refractivity contribution in [3.63, 3.8) is 0 Å². The smallest absolute Gasteiger partial charge is 0.281 e. The summed E-state index contributed by atoms with van der Waals surface area (Å²) in [7, 11) is 0. The van der Waals surface area contributed by atoms with Crippen molar-refractivity contribution >= 4 is 56.2 Å². The molecule has 0 saturated carbocycles. The lowest BCUT2D eigenvalue weighted by atomic mass is 10.1. The van der Waals surface area contributed by atoms with Crippen LogP contribution in [0, 0.1) is 27.7 Å². The third kappa shape index (κ3) is 4.17. The number of nitrogen functional groups attached to an aromatic ring is 1. The van der Waals surface area contributed by atoms with Crippen molar-refractivity contribution in [2.75, 3.05) is 11.1 Å². The normalized spacial score (nSPS) is 10.7. The zero-order valence-corrected chi connectivity index (χ0v) is 17.2. The largest absolute Gasteiger partial charge is 0.397 e. The second kappa shape index (κ2) is 7.50. The molecule has 0 bridgehead atoms. The Morgan fingerprint density at radius 3 is 2.41 bits per heavy atom. The minimum absolute atomic E-state index is 0.290. The van der Waals surface area contributed by atoms with Gasteiger partial charge in [-0.3, -0.25) is 15.6 Å². The molecular formula is C19H21N5OS2. The highest BCUT2D eigenvalue weighted by atomic mass is 32.1. The van der Waals surface area contributed by atoms with E-state index in [0.29, 0.717) is 10.6 Å². The summed E-state index contributed by atoms with van der Waals surface area (Å²) < 4.78 is 0. The van der Waals surface area contributed by atoms with Crippen LogP contribution in [0.4, 0.5) is 11.4 Å². The van der Waals surface area contributed by atoms with Crippen LogP contribution in [0.1, 0.15) is 32.1 Å². The van der Waals surface area contributed by atoms with Gasteiger partial charge in [0.25, 0.3) is 5.91 Å². The fourth-order valence-electron chi connectivity index (χ4n) is 3.02. The average molecular weight is 400 g/mol. The Morgan fingerprint density at radius 1 is 1.07 bits per heavy atom. The summed E-state index contributed by atoms with van der Waals surface area (Å²) in [5.41, 5.74) is 16.9. The number of hydrogen-bond acceptors (Lipinski definition) is 5. The molecule has 0 unspecified atom stereocenters. The van der Waals surface area contributed by atoms with Crippen molar-refractivity contribution in [1.82, 2.24) is 15.8 Å². The molecule has 2 heterocycles. The fraction of sp³-hybridized carbons (Fsp3) is 0.211. The highest BCUT2D eigenvalue weighted by molar-refractivity contribution is 7.80. The topological polar surface area (TPSA) is 92.1 Å². The highest BCUT2D eigenvalue weighted by Gasteiger charge is 2.19. The van der Waals surface area contributed by atoms with Crippen LogP contribution in [-0.4, -0.2) is 16.0 Å². The van der Waals surface area contributed by atoms with E-state index in [9.17, 15) is 4.79 Å². The third-order valence-corrected chi connectivity index (χ3v) is 5.30. The molecule has 0 aliphatic rings. The van der Waals surface area contributed by atoms with Gasteiger partial charge in [0.15, 0.2) is 5.11 Å². The van der Waals surface area contributed by atoms with E-state index in [0.717, 1.165) is 38.3 Å². The lowest BCUT2D eigenvalue weighted by molar-refractivity contribution is 0.0949. The summed E-state index contributed by atoms with van der Waals surface area (Å²) in [4.78, 5) is 18.2. The first-order chi connectivity index (χ1) is 12.7. The second-order valence-corrected chi connectivity index (χ2v) is 7.92. The Morgan fingerprint density at radius 2 is 1.74 bits per heavy atom. The molecule has 0 aliphatic carbocycles. The Labute approximate surface area is 167 Å². The first-order valence-electron chi connectivity index (χ1n) is 8.36. The molecule has 1 amide bonds. The number of hydrazine groups is 1. The molecular weight excluding hydrogens is 378 g/mol. The Hall–Kier alpha value is -2.71. The summed E-state index contributed by atoms with van der Waals surface area (Å²) in [5.74, 6) is -0.350. The van der Waals surface area contributed by atoms with E-state index in [-0.39, 0.29) is 11.0 Å². The number of thiocarbonyl (C=S) groups is 1. The number of thiophene rings is 1. The summed E-state index contributed by atoms with van der Waals surface area (Å²) >= 11 is 6.52. The number of aryl methyl sites for hydroxylation is 4. The van der Waals surface area contributed by atoms with E-state index >= 15 is 0 Å². The SMILES string of the molecule is Cc1cc(C)cc(NC(=S)NNC(=O)c2sc3nc(C)cc(C)c3c2N)c1. The summed E-state index contributed by atoms with van der Waals surface area (Å²) in [6.45, 7) is 7.90. The van der Waals surface area contributed by atoms with E-state index in [1.54, 1.807) is 0 Å². The summed E-state index contributed by atoms with van der Waals surface area (Å²) in [6, 6.07) is 7.98. The first kappa shape index (κ1) is 19.1. The molecule has 0 radical (unpaired) electrons. The van der Waals surface area contributed by atoms with Crippen LogP contribution in [-0.2, 0) is 0 Å². The standard InChI is InChI=1S/C19H21N5OS2/c1-9-5-10(2)7-13(6-9)22-19(26)24-23-17(25)16-15(20)14-11(3)8-12(4)21-18(14)27-16/h5-8H,20H2,1-4H3,(H,23,25)(H2,22,24,26). The molecule has 8 heteroatoms. The molecule has 1 aromatic carbocycles. The molecule has 3 rings (SSSR count). The van der Waals surface area contributed by atoms with Crippen molar-refractivity contribution in [2.24, 2.45) is 0 Å². The number of fused-ring (bicyclic) bond motifs is 1. The molecule has 140 valence electrons. The molecule has 0 aliphatic heterocycles. The van der Waals surface area contributed by atoms with Crippen LogP contribution in [0.3, 0.4) is 0 Å². The van der Waals surface area contributed by atoms with Crippen molar-refractivity contribution in [2.45, 2.75) is 27.7 Å². The monoisotopic (exact) mass is 399 g/mol. The van der Waals surface area contributed by atoms with E-state index in [2.05, 4.69) is 27.2 Å². The van der Waals surface area contributed by atoms with E-state index in [1.165, 1.54) is 11.3 Å². The predicted molar refractivity (Wildman–Crippen MR) is 116 cm³/mol. The van der Waals surface area contributed by atoms with Gasteiger partial charge in [0.1, 0.15) is 9.71 Å². The van der Waals surface area contributed by atoms with Crippen LogP contribution in [0.15, 0.2) is 24.3 Å². The van der Waals surface area contributed by atoms with Gasteiger partial charge in [-0.2, -0.15) is 0 Å². The Bertz CT molecular complexity index is 1040. The lowest BCUT2D eigenvalue weighted by Gasteiger charge is -2.12. The fourth-order valence-corrected chi connectivity index (χ4v) is 4.30. The number of nitrogens with zero attached hydrogens (tertiary/aromatic N) is 1. The first-order valence-corrected chi connectivity index (χ1v) is 9.59. The van der Waals surface area contributed by atoms with Gasteiger partial charge in [0, 0.05) is 16.8 Å². The second-order valence-electron chi connectivity index (χ2n) is 6.52. The average Bonchev–Trinajstić information content (AvgIpc) is 2.88. The van der Waals surface area contributed by atoms with E-state index in [1.807, 2.05) is 45.9 Å². The van der Waals surface area contributed by atoms with E-state index < -0.39 is 0 Å². The number of carbonyl (C=O) groups excluding carboxylic acids is 1. The number of nitrogens with one attached hydrogen (secondary N) is 3. The molecule has 0 saturated heterocycles.